The summed E-state index contributed by atoms with van der Waals surface area (Å²) in [5.74, 6) is -0.795. The van der Waals surface area contributed by atoms with Crippen molar-refractivity contribution in [2.75, 3.05) is 13.1 Å². The van der Waals surface area contributed by atoms with Crippen molar-refractivity contribution >= 4 is 5.97 Å². The molecule has 0 aromatic rings. The van der Waals surface area contributed by atoms with Crippen molar-refractivity contribution in [2.24, 2.45) is 0 Å². The first kappa shape index (κ1) is 14.4. The van der Waals surface area contributed by atoms with Crippen LogP contribution in [0.25, 0.3) is 0 Å². The SMILES string of the molecule is CCC(C)(O)CN(CCC(=O)O)C(C)C. The second-order valence-corrected chi connectivity index (χ2v) is 4.56. The van der Waals surface area contributed by atoms with Gasteiger partial charge >= 0.3 is 5.97 Å². The molecule has 0 aliphatic rings. The predicted molar refractivity (Wildman–Crippen MR) is 59.9 cm³/mol. The molecule has 0 bridgehead atoms. The van der Waals surface area contributed by atoms with E-state index >= 15 is 0 Å². The highest BCUT2D eigenvalue weighted by molar-refractivity contribution is 5.66. The Hall–Kier alpha value is -0.610. The lowest BCUT2D eigenvalue weighted by atomic mass is 10.0. The van der Waals surface area contributed by atoms with Gasteiger partial charge in [0.25, 0.3) is 0 Å². The molecule has 0 aliphatic heterocycles. The molecular weight excluding hydrogens is 194 g/mol. The molecule has 4 nitrogen and oxygen atoms in total. The molecule has 0 aromatic carbocycles. The van der Waals surface area contributed by atoms with Crippen molar-refractivity contribution in [3.05, 3.63) is 0 Å². The van der Waals surface area contributed by atoms with Crippen LogP contribution in [0.15, 0.2) is 0 Å². The van der Waals surface area contributed by atoms with Crippen molar-refractivity contribution in [1.29, 1.82) is 0 Å². The van der Waals surface area contributed by atoms with E-state index in [-0.39, 0.29) is 12.5 Å². The number of aliphatic hydroxyl groups is 1. The summed E-state index contributed by atoms with van der Waals surface area (Å²) in [7, 11) is 0. The first-order valence-corrected chi connectivity index (χ1v) is 5.46. The van der Waals surface area contributed by atoms with Crippen molar-refractivity contribution < 1.29 is 15.0 Å². The summed E-state index contributed by atoms with van der Waals surface area (Å²) in [4.78, 5) is 12.5. The number of hydrogen-bond acceptors (Lipinski definition) is 3. The highest BCUT2D eigenvalue weighted by atomic mass is 16.4. The fraction of sp³-hybridized carbons (Fsp3) is 0.909. The molecule has 0 aliphatic carbocycles. The normalized spacial score (nSPS) is 15.7. The minimum absolute atomic E-state index is 0.123. The number of carboxylic acid groups (broad SMARTS) is 1. The van der Waals surface area contributed by atoms with Gasteiger partial charge in [-0.05, 0) is 27.2 Å². The van der Waals surface area contributed by atoms with Crippen LogP contribution in [0, 0.1) is 0 Å². The van der Waals surface area contributed by atoms with Gasteiger partial charge in [-0.15, -0.1) is 0 Å². The first-order chi connectivity index (χ1) is 6.78. The number of carbonyl (C=O) groups is 1. The molecule has 0 saturated heterocycles. The molecule has 90 valence electrons. The Morgan fingerprint density at radius 2 is 2.00 bits per heavy atom. The molecule has 0 saturated carbocycles. The number of aliphatic carboxylic acids is 1. The minimum atomic E-state index is -0.795. The molecule has 0 aromatic heterocycles. The number of nitrogens with zero attached hydrogens (tertiary/aromatic N) is 1. The van der Waals surface area contributed by atoms with E-state index < -0.39 is 11.6 Å². The molecule has 1 unspecified atom stereocenters. The number of carboxylic acids is 1. The van der Waals surface area contributed by atoms with Gasteiger partial charge in [-0.3, -0.25) is 9.69 Å². The van der Waals surface area contributed by atoms with E-state index in [4.69, 9.17) is 5.11 Å². The molecule has 0 rings (SSSR count). The largest absolute Gasteiger partial charge is 0.481 e. The van der Waals surface area contributed by atoms with Gasteiger partial charge in [-0.25, -0.2) is 0 Å². The van der Waals surface area contributed by atoms with Gasteiger partial charge in [-0.1, -0.05) is 6.92 Å². The summed E-state index contributed by atoms with van der Waals surface area (Å²) in [5, 5.41) is 18.5. The third-order valence-corrected chi connectivity index (χ3v) is 2.65. The van der Waals surface area contributed by atoms with Crippen molar-refractivity contribution in [2.45, 2.75) is 52.2 Å². The molecule has 0 amide bonds. The van der Waals surface area contributed by atoms with Crippen LogP contribution in [-0.2, 0) is 4.79 Å². The van der Waals surface area contributed by atoms with E-state index in [2.05, 4.69) is 0 Å². The van der Waals surface area contributed by atoms with E-state index in [1.807, 2.05) is 25.7 Å². The van der Waals surface area contributed by atoms with Crippen LogP contribution in [0.1, 0.15) is 40.5 Å². The highest BCUT2D eigenvalue weighted by Crippen LogP contribution is 2.13. The standard InChI is InChI=1S/C11H23NO3/c1-5-11(4,15)8-12(9(2)3)7-6-10(13)14/h9,15H,5-8H2,1-4H3,(H,13,14). The Kier molecular flexibility index (Phi) is 5.83. The molecule has 4 heteroatoms. The Balaban J connectivity index is 4.22. The van der Waals surface area contributed by atoms with E-state index in [0.717, 1.165) is 0 Å². The lowest BCUT2D eigenvalue weighted by Crippen LogP contribution is -2.44. The monoisotopic (exact) mass is 217 g/mol. The van der Waals surface area contributed by atoms with Crippen LogP contribution < -0.4 is 0 Å². The minimum Gasteiger partial charge on any atom is -0.481 e. The third kappa shape index (κ3) is 6.47. The predicted octanol–water partition coefficient (Wildman–Crippen LogP) is 1.33. The maximum absolute atomic E-state index is 10.5. The second kappa shape index (κ2) is 6.08. The zero-order valence-corrected chi connectivity index (χ0v) is 10.2. The molecule has 0 fully saturated rings. The Morgan fingerprint density at radius 3 is 2.33 bits per heavy atom. The maximum Gasteiger partial charge on any atom is 0.304 e. The average Bonchev–Trinajstić information content (AvgIpc) is 2.11. The second-order valence-electron chi connectivity index (χ2n) is 4.56. The molecule has 1 atom stereocenters. The number of rotatable bonds is 7. The van der Waals surface area contributed by atoms with Gasteiger partial charge in [0.05, 0.1) is 12.0 Å². The van der Waals surface area contributed by atoms with Gasteiger partial charge < -0.3 is 10.2 Å². The molecule has 2 N–H and O–H groups in total. The van der Waals surface area contributed by atoms with E-state index in [9.17, 15) is 9.90 Å². The van der Waals surface area contributed by atoms with Crippen LogP contribution in [0.5, 0.6) is 0 Å². The van der Waals surface area contributed by atoms with Gasteiger partial charge in [0.1, 0.15) is 0 Å². The summed E-state index contributed by atoms with van der Waals surface area (Å²) in [6.07, 6.45) is 0.793. The van der Waals surface area contributed by atoms with E-state index in [1.165, 1.54) is 0 Å². The fourth-order valence-corrected chi connectivity index (χ4v) is 1.31. The Morgan fingerprint density at radius 1 is 1.47 bits per heavy atom. The van der Waals surface area contributed by atoms with Crippen LogP contribution in [0.2, 0.25) is 0 Å². The van der Waals surface area contributed by atoms with E-state index in [0.29, 0.717) is 19.5 Å². The van der Waals surface area contributed by atoms with Gasteiger partial charge in [0.2, 0.25) is 0 Å². The highest BCUT2D eigenvalue weighted by Gasteiger charge is 2.23. The van der Waals surface area contributed by atoms with Crippen LogP contribution >= 0.6 is 0 Å². The first-order valence-electron chi connectivity index (χ1n) is 5.46. The van der Waals surface area contributed by atoms with Crippen molar-refractivity contribution in [1.82, 2.24) is 4.90 Å². The molecule has 0 spiro atoms. The quantitative estimate of drug-likeness (QED) is 0.675. The maximum atomic E-state index is 10.5. The van der Waals surface area contributed by atoms with Crippen LogP contribution in [-0.4, -0.2) is 45.8 Å². The lowest BCUT2D eigenvalue weighted by molar-refractivity contribution is -0.137. The molecular formula is C11H23NO3. The van der Waals surface area contributed by atoms with Crippen molar-refractivity contribution in [3.8, 4) is 0 Å². The summed E-state index contributed by atoms with van der Waals surface area (Å²) in [6.45, 7) is 8.73. The topological polar surface area (TPSA) is 60.8 Å². The van der Waals surface area contributed by atoms with Crippen LogP contribution in [0.4, 0.5) is 0 Å². The third-order valence-electron chi connectivity index (χ3n) is 2.65. The van der Waals surface area contributed by atoms with Gasteiger partial charge in [0.15, 0.2) is 0 Å². The summed E-state index contributed by atoms with van der Waals surface area (Å²) >= 11 is 0. The fourth-order valence-electron chi connectivity index (χ4n) is 1.31. The zero-order chi connectivity index (χ0) is 12.1. The molecule has 15 heavy (non-hydrogen) atoms. The average molecular weight is 217 g/mol. The van der Waals surface area contributed by atoms with Gasteiger partial charge in [0, 0.05) is 19.1 Å². The Bertz CT molecular complexity index is 202. The summed E-state index contributed by atoms with van der Waals surface area (Å²) in [6, 6.07) is 0.252. The van der Waals surface area contributed by atoms with E-state index in [1.54, 1.807) is 6.92 Å². The van der Waals surface area contributed by atoms with Crippen LogP contribution in [0.3, 0.4) is 0 Å². The summed E-state index contributed by atoms with van der Waals surface area (Å²) < 4.78 is 0. The van der Waals surface area contributed by atoms with Gasteiger partial charge in [-0.2, -0.15) is 0 Å². The number of hydrogen-bond donors (Lipinski definition) is 2. The summed E-state index contributed by atoms with van der Waals surface area (Å²) in [5.41, 5.74) is -0.733. The molecule has 0 radical (unpaired) electrons. The lowest BCUT2D eigenvalue weighted by Gasteiger charge is -2.33. The molecule has 0 heterocycles. The van der Waals surface area contributed by atoms with Crippen molar-refractivity contribution in [3.63, 3.8) is 0 Å². The Labute approximate surface area is 91.9 Å². The zero-order valence-electron chi connectivity index (χ0n) is 10.2. The smallest absolute Gasteiger partial charge is 0.304 e.